The maximum Gasteiger partial charge on any atom is 0.356 e. The Balaban J connectivity index is 2.47. The zero-order chi connectivity index (χ0) is 9.42. The van der Waals surface area contributed by atoms with Crippen LogP contribution in [0.4, 0.5) is 11.5 Å². The van der Waals surface area contributed by atoms with Crippen molar-refractivity contribution in [1.82, 2.24) is 10.2 Å². The zero-order valence-corrected chi connectivity index (χ0v) is 7.16. The number of likely N-dealkylation sites (N-methyl/N-ethyl adjacent to an activating group) is 1. The number of anilines is 2. The van der Waals surface area contributed by atoms with Crippen molar-refractivity contribution in [2.24, 2.45) is 0 Å². The Kier molecular flexibility index (Phi) is 1.61. The molecular weight excluding hydrogens is 172 g/mol. The van der Waals surface area contributed by atoms with Crippen LogP contribution in [0.5, 0.6) is 0 Å². The number of rotatable bonds is 1. The number of fused-ring (bicyclic) bond motifs is 1. The molecule has 0 fully saturated rings. The summed E-state index contributed by atoms with van der Waals surface area (Å²) in [5.74, 6) is -0.319. The second kappa shape index (κ2) is 2.65. The quantitative estimate of drug-likeness (QED) is 0.568. The van der Waals surface area contributed by atoms with Crippen LogP contribution in [0.2, 0.25) is 0 Å². The van der Waals surface area contributed by atoms with Crippen molar-refractivity contribution in [2.45, 2.75) is 0 Å². The minimum absolute atomic E-state index is 0.126. The summed E-state index contributed by atoms with van der Waals surface area (Å²) in [6, 6.07) is 0. The highest BCUT2D eigenvalue weighted by Gasteiger charge is 2.23. The van der Waals surface area contributed by atoms with E-state index >= 15 is 0 Å². The first-order valence-electron chi connectivity index (χ1n) is 3.97. The number of carboxylic acids is 1. The lowest BCUT2D eigenvalue weighted by Crippen LogP contribution is -2.30. The molecule has 1 aromatic heterocycles. The van der Waals surface area contributed by atoms with E-state index in [0.717, 1.165) is 13.1 Å². The average Bonchev–Trinajstić information content (AvgIpc) is 2.48. The standard InChI is InChI=1S/C7H10N4O2/c1-11-3-2-8-4-5(7(12)13)9-10-6(4)11/h8H,2-3H2,1H3,(H,9,10)(H,12,13). The van der Waals surface area contributed by atoms with Gasteiger partial charge in [0.15, 0.2) is 11.5 Å². The molecule has 0 atom stereocenters. The summed E-state index contributed by atoms with van der Waals surface area (Å²) in [5, 5.41) is 18.2. The first kappa shape index (κ1) is 7.90. The normalized spacial score (nSPS) is 15.0. The summed E-state index contributed by atoms with van der Waals surface area (Å²) < 4.78 is 0. The fourth-order valence-electron chi connectivity index (χ4n) is 1.39. The number of aromatic nitrogens is 2. The first-order chi connectivity index (χ1) is 6.20. The van der Waals surface area contributed by atoms with Crippen LogP contribution in [-0.2, 0) is 0 Å². The van der Waals surface area contributed by atoms with Gasteiger partial charge in [0.2, 0.25) is 0 Å². The summed E-state index contributed by atoms with van der Waals surface area (Å²) in [6.07, 6.45) is 0. The Labute approximate surface area is 74.5 Å². The van der Waals surface area contributed by atoms with Gasteiger partial charge in [-0.2, -0.15) is 5.10 Å². The van der Waals surface area contributed by atoms with E-state index in [1.807, 2.05) is 11.9 Å². The van der Waals surface area contributed by atoms with Crippen molar-refractivity contribution >= 4 is 17.5 Å². The van der Waals surface area contributed by atoms with E-state index in [0.29, 0.717) is 11.5 Å². The highest BCUT2D eigenvalue weighted by atomic mass is 16.4. The Morgan fingerprint density at radius 2 is 2.46 bits per heavy atom. The van der Waals surface area contributed by atoms with Crippen LogP contribution in [0, 0.1) is 0 Å². The van der Waals surface area contributed by atoms with Gasteiger partial charge in [-0.05, 0) is 0 Å². The maximum atomic E-state index is 10.7. The number of H-pyrrole nitrogens is 1. The highest BCUT2D eigenvalue weighted by Crippen LogP contribution is 2.28. The zero-order valence-electron chi connectivity index (χ0n) is 7.16. The number of hydrogen-bond acceptors (Lipinski definition) is 4. The lowest BCUT2D eigenvalue weighted by Gasteiger charge is -2.23. The molecular formula is C7H10N4O2. The van der Waals surface area contributed by atoms with Crippen molar-refractivity contribution in [3.63, 3.8) is 0 Å². The molecule has 0 aliphatic carbocycles. The van der Waals surface area contributed by atoms with Crippen LogP contribution >= 0.6 is 0 Å². The smallest absolute Gasteiger partial charge is 0.356 e. The Bertz CT molecular complexity index is 346. The second-order valence-electron chi connectivity index (χ2n) is 2.95. The number of nitrogens with one attached hydrogen (secondary N) is 2. The monoisotopic (exact) mass is 182 g/mol. The van der Waals surface area contributed by atoms with E-state index < -0.39 is 5.97 Å². The molecule has 6 nitrogen and oxygen atoms in total. The number of aromatic carboxylic acids is 1. The van der Waals surface area contributed by atoms with Gasteiger partial charge >= 0.3 is 5.97 Å². The van der Waals surface area contributed by atoms with Gasteiger partial charge in [-0.3, -0.25) is 5.10 Å². The van der Waals surface area contributed by atoms with Gasteiger partial charge in [0, 0.05) is 20.1 Å². The van der Waals surface area contributed by atoms with Crippen LogP contribution < -0.4 is 10.2 Å². The largest absolute Gasteiger partial charge is 0.476 e. The molecule has 2 rings (SSSR count). The SMILES string of the molecule is CN1CCNc2c1n[nH]c2C(=O)O. The predicted octanol–water partition coefficient (Wildman–Crippen LogP) is -0.0304. The van der Waals surface area contributed by atoms with Crippen molar-refractivity contribution < 1.29 is 9.90 Å². The van der Waals surface area contributed by atoms with Gasteiger partial charge in [0.05, 0.1) is 0 Å². The fraction of sp³-hybridized carbons (Fsp3) is 0.429. The van der Waals surface area contributed by atoms with E-state index in [2.05, 4.69) is 15.5 Å². The van der Waals surface area contributed by atoms with E-state index in [4.69, 9.17) is 5.11 Å². The molecule has 0 unspecified atom stereocenters. The fourth-order valence-corrected chi connectivity index (χ4v) is 1.39. The molecule has 0 radical (unpaired) electrons. The van der Waals surface area contributed by atoms with Crippen LogP contribution in [0.15, 0.2) is 0 Å². The number of aromatic amines is 1. The van der Waals surface area contributed by atoms with Gasteiger partial charge in [-0.1, -0.05) is 0 Å². The van der Waals surface area contributed by atoms with Gasteiger partial charge in [-0.15, -0.1) is 0 Å². The molecule has 0 saturated carbocycles. The third-order valence-electron chi connectivity index (χ3n) is 2.07. The molecule has 0 amide bonds. The van der Waals surface area contributed by atoms with E-state index in [9.17, 15) is 4.79 Å². The summed E-state index contributed by atoms with van der Waals surface area (Å²) >= 11 is 0. The summed E-state index contributed by atoms with van der Waals surface area (Å²) in [6.45, 7) is 1.57. The summed E-state index contributed by atoms with van der Waals surface area (Å²) in [7, 11) is 1.88. The number of carboxylic acid groups (broad SMARTS) is 1. The second-order valence-corrected chi connectivity index (χ2v) is 2.95. The number of carbonyl (C=O) groups is 1. The minimum atomic E-state index is -0.989. The van der Waals surface area contributed by atoms with E-state index in [1.165, 1.54) is 0 Å². The van der Waals surface area contributed by atoms with Gasteiger partial charge in [0.25, 0.3) is 0 Å². The highest BCUT2D eigenvalue weighted by molar-refractivity contribution is 5.95. The third-order valence-corrected chi connectivity index (χ3v) is 2.07. The molecule has 0 saturated heterocycles. The average molecular weight is 182 g/mol. The molecule has 1 aromatic rings. The maximum absolute atomic E-state index is 10.7. The molecule has 3 N–H and O–H groups in total. The molecule has 1 aliphatic heterocycles. The Hall–Kier alpha value is -1.72. The molecule has 6 heteroatoms. The lowest BCUT2D eigenvalue weighted by atomic mass is 10.3. The molecule has 1 aliphatic rings. The van der Waals surface area contributed by atoms with Crippen molar-refractivity contribution in [3.05, 3.63) is 5.69 Å². The van der Waals surface area contributed by atoms with Crippen LogP contribution in [-0.4, -0.2) is 41.4 Å². The Morgan fingerprint density at radius 3 is 3.15 bits per heavy atom. The molecule has 13 heavy (non-hydrogen) atoms. The van der Waals surface area contributed by atoms with Crippen LogP contribution in [0.3, 0.4) is 0 Å². The molecule has 0 spiro atoms. The molecule has 0 bridgehead atoms. The topological polar surface area (TPSA) is 81.2 Å². The molecule has 70 valence electrons. The summed E-state index contributed by atoms with van der Waals surface area (Å²) in [4.78, 5) is 12.6. The van der Waals surface area contributed by atoms with Gasteiger partial charge < -0.3 is 15.3 Å². The number of hydrogen-bond donors (Lipinski definition) is 3. The van der Waals surface area contributed by atoms with Gasteiger partial charge in [-0.25, -0.2) is 4.79 Å². The van der Waals surface area contributed by atoms with Crippen LogP contribution in [0.1, 0.15) is 10.5 Å². The van der Waals surface area contributed by atoms with Crippen molar-refractivity contribution in [2.75, 3.05) is 30.4 Å². The minimum Gasteiger partial charge on any atom is -0.476 e. The lowest BCUT2D eigenvalue weighted by molar-refractivity contribution is 0.0691. The van der Waals surface area contributed by atoms with Crippen LogP contribution in [0.25, 0.3) is 0 Å². The van der Waals surface area contributed by atoms with Crippen molar-refractivity contribution in [1.29, 1.82) is 0 Å². The van der Waals surface area contributed by atoms with E-state index in [1.54, 1.807) is 0 Å². The number of nitrogens with zero attached hydrogens (tertiary/aromatic N) is 2. The Morgan fingerprint density at radius 1 is 1.69 bits per heavy atom. The molecule has 0 aromatic carbocycles. The molecule has 2 heterocycles. The predicted molar refractivity (Wildman–Crippen MR) is 47.3 cm³/mol. The first-order valence-corrected chi connectivity index (χ1v) is 3.97. The van der Waals surface area contributed by atoms with Gasteiger partial charge in [0.1, 0.15) is 5.69 Å². The van der Waals surface area contributed by atoms with Crippen molar-refractivity contribution in [3.8, 4) is 0 Å². The summed E-state index contributed by atoms with van der Waals surface area (Å²) in [5.41, 5.74) is 0.711. The third kappa shape index (κ3) is 1.10. The van der Waals surface area contributed by atoms with E-state index in [-0.39, 0.29) is 5.69 Å².